The minimum absolute atomic E-state index is 0.348. The maximum absolute atomic E-state index is 5.61. The van der Waals surface area contributed by atoms with Gasteiger partial charge in [0.25, 0.3) is 0 Å². The Morgan fingerprint density at radius 2 is 2.21 bits per heavy atom. The van der Waals surface area contributed by atoms with Crippen LogP contribution in [0, 0.1) is 0 Å². The molecule has 2 aromatic heterocycles. The maximum Gasteiger partial charge on any atom is 0.155 e. The molecule has 0 aromatic carbocycles. The molecule has 0 aliphatic rings. The molecular weight excluding hydrogens is 176 g/mol. The second-order valence-electron chi connectivity index (χ2n) is 3.62. The second-order valence-corrected chi connectivity index (χ2v) is 3.62. The molecule has 0 spiro atoms. The van der Waals surface area contributed by atoms with Crippen molar-refractivity contribution in [3.63, 3.8) is 0 Å². The molecule has 0 bridgehead atoms. The average molecular weight is 190 g/mol. The molecule has 2 rings (SSSR count). The summed E-state index contributed by atoms with van der Waals surface area (Å²) in [5.74, 6) is 1.21. The van der Waals surface area contributed by atoms with Gasteiger partial charge in [-0.1, -0.05) is 19.9 Å². The van der Waals surface area contributed by atoms with Crippen LogP contribution >= 0.6 is 0 Å². The van der Waals surface area contributed by atoms with Crippen molar-refractivity contribution in [2.24, 2.45) is 5.73 Å². The first-order valence-electron chi connectivity index (χ1n) is 4.77. The third kappa shape index (κ3) is 1.37. The molecule has 0 saturated heterocycles. The molecular formula is C10H14N4. The van der Waals surface area contributed by atoms with Gasteiger partial charge in [0.15, 0.2) is 11.5 Å². The lowest BCUT2D eigenvalue weighted by Crippen LogP contribution is -2.04. The van der Waals surface area contributed by atoms with Crippen molar-refractivity contribution in [2.75, 3.05) is 0 Å². The number of rotatable bonds is 2. The number of hydrogen-bond acceptors (Lipinski definition) is 3. The summed E-state index contributed by atoms with van der Waals surface area (Å²) in [6.07, 6.45) is 0. The topological polar surface area (TPSA) is 56.2 Å². The molecule has 0 aliphatic heterocycles. The van der Waals surface area contributed by atoms with Crippen LogP contribution in [0.1, 0.15) is 31.3 Å². The van der Waals surface area contributed by atoms with Crippen molar-refractivity contribution in [1.29, 1.82) is 0 Å². The van der Waals surface area contributed by atoms with Crippen LogP contribution in [0.15, 0.2) is 18.2 Å². The summed E-state index contributed by atoms with van der Waals surface area (Å²) in [6.45, 7) is 4.64. The number of fused-ring (bicyclic) bond motifs is 1. The third-order valence-electron chi connectivity index (χ3n) is 2.18. The molecule has 0 atom stereocenters. The maximum atomic E-state index is 5.61. The number of nitrogens with two attached hydrogens (primary N) is 1. The van der Waals surface area contributed by atoms with Gasteiger partial charge >= 0.3 is 0 Å². The van der Waals surface area contributed by atoms with Crippen LogP contribution in [-0.2, 0) is 6.54 Å². The lowest BCUT2D eigenvalue weighted by molar-refractivity contribution is 0.749. The predicted molar refractivity (Wildman–Crippen MR) is 55.0 cm³/mol. The zero-order valence-electron chi connectivity index (χ0n) is 8.44. The van der Waals surface area contributed by atoms with E-state index in [1.807, 2.05) is 22.7 Å². The molecule has 2 aromatic rings. The van der Waals surface area contributed by atoms with E-state index < -0.39 is 0 Å². The van der Waals surface area contributed by atoms with Crippen molar-refractivity contribution in [3.05, 3.63) is 29.7 Å². The van der Waals surface area contributed by atoms with Gasteiger partial charge in [0.1, 0.15) is 0 Å². The number of nitrogens with zero attached hydrogens (tertiary/aromatic N) is 3. The van der Waals surface area contributed by atoms with E-state index in [9.17, 15) is 0 Å². The Hall–Kier alpha value is -1.42. The third-order valence-corrected chi connectivity index (χ3v) is 2.18. The summed E-state index contributed by atoms with van der Waals surface area (Å²) in [7, 11) is 0. The van der Waals surface area contributed by atoms with E-state index >= 15 is 0 Å². The van der Waals surface area contributed by atoms with Crippen LogP contribution in [0.3, 0.4) is 0 Å². The lowest BCUT2D eigenvalue weighted by Gasteiger charge is -1.98. The van der Waals surface area contributed by atoms with Gasteiger partial charge in [0.2, 0.25) is 0 Å². The molecule has 0 fully saturated rings. The quantitative estimate of drug-likeness (QED) is 0.776. The Balaban J connectivity index is 2.64. The molecule has 0 unspecified atom stereocenters. The Morgan fingerprint density at radius 3 is 2.86 bits per heavy atom. The minimum atomic E-state index is 0.348. The predicted octanol–water partition coefficient (Wildman–Crippen LogP) is 1.31. The lowest BCUT2D eigenvalue weighted by atomic mass is 10.2. The Labute approximate surface area is 82.8 Å². The Bertz CT molecular complexity index is 444. The molecule has 2 N–H and O–H groups in total. The summed E-state index contributed by atoms with van der Waals surface area (Å²) in [5.41, 5.74) is 7.47. The summed E-state index contributed by atoms with van der Waals surface area (Å²) in [6, 6.07) is 5.86. The highest BCUT2D eigenvalue weighted by atomic mass is 15.3. The fraction of sp³-hybridized carbons (Fsp3) is 0.400. The van der Waals surface area contributed by atoms with Crippen LogP contribution in [-0.4, -0.2) is 14.6 Å². The highest BCUT2D eigenvalue weighted by molar-refractivity contribution is 5.39. The molecule has 4 nitrogen and oxygen atoms in total. The van der Waals surface area contributed by atoms with E-state index in [2.05, 4.69) is 23.9 Å². The first-order valence-corrected chi connectivity index (χ1v) is 4.77. The Morgan fingerprint density at radius 1 is 1.43 bits per heavy atom. The van der Waals surface area contributed by atoms with Crippen molar-refractivity contribution in [2.45, 2.75) is 26.3 Å². The summed E-state index contributed by atoms with van der Waals surface area (Å²) < 4.78 is 1.81. The van der Waals surface area contributed by atoms with Crippen LogP contribution in [0.4, 0.5) is 0 Å². The molecule has 0 saturated carbocycles. The smallest absolute Gasteiger partial charge is 0.155 e. The fourth-order valence-corrected chi connectivity index (χ4v) is 1.37. The summed E-state index contributed by atoms with van der Waals surface area (Å²) >= 11 is 0. The van der Waals surface area contributed by atoms with Gasteiger partial charge < -0.3 is 5.73 Å². The SMILES string of the molecule is CC(C)c1nc2cccc(CN)n2n1. The number of hydrogen-bond donors (Lipinski definition) is 1. The fourth-order valence-electron chi connectivity index (χ4n) is 1.37. The molecule has 74 valence electrons. The standard InChI is InChI=1S/C10H14N4/c1-7(2)10-12-9-5-3-4-8(6-11)14(9)13-10/h3-5,7H,6,11H2,1-2H3. The van der Waals surface area contributed by atoms with E-state index in [4.69, 9.17) is 5.73 Å². The van der Waals surface area contributed by atoms with Gasteiger partial charge in [-0.15, -0.1) is 0 Å². The molecule has 4 heteroatoms. The highest BCUT2D eigenvalue weighted by Gasteiger charge is 2.08. The van der Waals surface area contributed by atoms with Gasteiger partial charge in [-0.25, -0.2) is 9.50 Å². The van der Waals surface area contributed by atoms with E-state index in [-0.39, 0.29) is 0 Å². The van der Waals surface area contributed by atoms with E-state index in [1.165, 1.54) is 0 Å². The van der Waals surface area contributed by atoms with Crippen molar-refractivity contribution >= 4 is 5.65 Å². The number of aromatic nitrogens is 3. The van der Waals surface area contributed by atoms with Gasteiger partial charge in [-0.05, 0) is 12.1 Å². The van der Waals surface area contributed by atoms with Gasteiger partial charge in [-0.2, -0.15) is 5.10 Å². The summed E-state index contributed by atoms with van der Waals surface area (Å²) in [4.78, 5) is 4.42. The molecule has 2 heterocycles. The van der Waals surface area contributed by atoms with Crippen LogP contribution < -0.4 is 5.73 Å². The highest BCUT2D eigenvalue weighted by Crippen LogP contribution is 2.12. The van der Waals surface area contributed by atoms with Gasteiger partial charge in [0.05, 0.1) is 5.69 Å². The van der Waals surface area contributed by atoms with Crippen LogP contribution in [0.25, 0.3) is 5.65 Å². The molecule has 14 heavy (non-hydrogen) atoms. The molecule has 0 aliphatic carbocycles. The second kappa shape index (κ2) is 3.38. The summed E-state index contributed by atoms with van der Waals surface area (Å²) in [5, 5.41) is 4.41. The van der Waals surface area contributed by atoms with Crippen molar-refractivity contribution in [1.82, 2.24) is 14.6 Å². The van der Waals surface area contributed by atoms with Gasteiger partial charge in [0, 0.05) is 12.5 Å². The van der Waals surface area contributed by atoms with Crippen LogP contribution in [0.5, 0.6) is 0 Å². The van der Waals surface area contributed by atoms with Crippen LogP contribution in [0.2, 0.25) is 0 Å². The molecule has 0 radical (unpaired) electrons. The van der Waals surface area contributed by atoms with Crippen molar-refractivity contribution < 1.29 is 0 Å². The zero-order valence-corrected chi connectivity index (χ0v) is 8.44. The van der Waals surface area contributed by atoms with Gasteiger partial charge in [-0.3, -0.25) is 0 Å². The Kier molecular flexibility index (Phi) is 2.21. The van der Waals surface area contributed by atoms with E-state index in [0.717, 1.165) is 17.2 Å². The normalized spacial score (nSPS) is 11.4. The largest absolute Gasteiger partial charge is 0.325 e. The first-order chi connectivity index (χ1) is 6.72. The van der Waals surface area contributed by atoms with E-state index in [1.54, 1.807) is 0 Å². The van der Waals surface area contributed by atoms with Crippen molar-refractivity contribution in [3.8, 4) is 0 Å². The molecule has 0 amide bonds. The zero-order chi connectivity index (χ0) is 10.1. The van der Waals surface area contributed by atoms with E-state index in [0.29, 0.717) is 12.5 Å². The average Bonchev–Trinajstić information content (AvgIpc) is 2.60. The minimum Gasteiger partial charge on any atom is -0.325 e. The number of pyridine rings is 1. The first kappa shape index (κ1) is 9.15. The monoisotopic (exact) mass is 190 g/mol.